The van der Waals surface area contributed by atoms with E-state index in [1.54, 1.807) is 6.92 Å². The molecule has 12 rings (SSSR count). The Labute approximate surface area is 647 Å². The molecule has 13 atom stereocenters. The predicted molar refractivity (Wildman–Crippen MR) is 347 cm³/mol. The maximum atomic E-state index is 18.3. The first-order valence-electron chi connectivity index (χ1n) is 37.5. The van der Waals surface area contributed by atoms with Crippen LogP contribution in [-0.2, 0) is 66.8 Å². The van der Waals surface area contributed by atoms with Gasteiger partial charge in [0.2, 0.25) is 0 Å². The van der Waals surface area contributed by atoms with Crippen LogP contribution in [0, 0.1) is 64.1 Å². The lowest BCUT2D eigenvalue weighted by Crippen LogP contribution is -2.64. The van der Waals surface area contributed by atoms with E-state index in [0.717, 1.165) is 0 Å². The molecule has 0 aromatic rings. The molecule has 13 unspecified atom stereocenters. The van der Waals surface area contributed by atoms with Crippen molar-refractivity contribution in [1.82, 2.24) is 10.6 Å². The zero-order chi connectivity index (χ0) is 87.1. The molecule has 116 heavy (non-hydrogen) atoms. The number of halogens is 22. The average Bonchev–Trinajstić information content (AvgIpc) is 0.732. The Bertz CT molecular complexity index is 3690. The van der Waals surface area contributed by atoms with Crippen LogP contribution in [0.3, 0.4) is 0 Å². The second-order valence-electron chi connectivity index (χ2n) is 34.5. The van der Waals surface area contributed by atoms with Crippen LogP contribution < -0.4 is 10.6 Å². The topological polar surface area (TPSA) is 312 Å². The van der Waals surface area contributed by atoms with Gasteiger partial charge in [0.1, 0.15) is 35.9 Å². The zero-order valence-corrected chi connectivity index (χ0v) is 63.3. The minimum Gasteiger partial charge on any atom is -0.463 e. The van der Waals surface area contributed by atoms with E-state index in [1.165, 1.54) is 20.8 Å². The first kappa shape index (κ1) is 93.4. The Hall–Kier alpha value is -6.51. The predicted octanol–water partition coefficient (Wildman–Crippen LogP) is 14.9. The monoisotopic (exact) mass is 1720 g/mol. The first-order chi connectivity index (χ1) is 52.8. The van der Waals surface area contributed by atoms with E-state index in [0.29, 0.717) is 19.8 Å². The number of nitrogens with one attached hydrogen (secondary N) is 2. The quantitative estimate of drug-likeness (QED) is 0.00749. The number of ether oxygens (including phenoxy) is 7. The van der Waals surface area contributed by atoms with Gasteiger partial charge >= 0.3 is 103 Å². The lowest BCUT2D eigenvalue weighted by atomic mass is 9.52. The van der Waals surface area contributed by atoms with Gasteiger partial charge in [0, 0.05) is 25.7 Å². The van der Waals surface area contributed by atoms with Crippen molar-refractivity contribution >= 4 is 53.5 Å². The van der Waals surface area contributed by atoms with Gasteiger partial charge < -0.3 is 49.6 Å². The molecule has 45 heteroatoms. The summed E-state index contributed by atoms with van der Waals surface area (Å²) in [6.45, 7) is 1.34. The van der Waals surface area contributed by atoms with Gasteiger partial charge in [-0.1, -0.05) is 24.2 Å². The summed E-state index contributed by atoms with van der Waals surface area (Å²) in [6.07, 6.45) is -63.8. The summed E-state index contributed by atoms with van der Waals surface area (Å²) in [7, 11) is 0. The normalized spacial score (nSPS) is 32.1. The number of nitrogens with zero attached hydrogens (tertiary/aromatic N) is 2. The van der Waals surface area contributed by atoms with Crippen LogP contribution in [0.2, 0.25) is 0 Å². The van der Waals surface area contributed by atoms with Gasteiger partial charge in [-0.15, -0.1) is 0 Å². The summed E-state index contributed by atoms with van der Waals surface area (Å²) in [6, 6.07) is 0. The lowest BCUT2D eigenvalue weighted by Gasteiger charge is -2.59. The molecule has 0 saturated heterocycles. The van der Waals surface area contributed by atoms with Crippen LogP contribution in [-0.4, -0.2) is 189 Å². The number of hydrogen-bond donors (Lipinski definition) is 5. The highest BCUT2D eigenvalue weighted by Crippen LogP contribution is 2.65. The molecule has 0 heterocycles. The van der Waals surface area contributed by atoms with Crippen molar-refractivity contribution in [3.63, 3.8) is 0 Å². The van der Waals surface area contributed by atoms with Crippen molar-refractivity contribution in [2.45, 2.75) is 296 Å². The van der Waals surface area contributed by atoms with Gasteiger partial charge in [-0.05, 0) is 198 Å². The van der Waals surface area contributed by atoms with Crippen LogP contribution in [0.4, 0.5) is 106 Å². The van der Waals surface area contributed by atoms with E-state index in [4.69, 9.17) is 23.7 Å². The highest BCUT2D eigenvalue weighted by Gasteiger charge is 2.82. The van der Waals surface area contributed by atoms with Gasteiger partial charge in [-0.3, -0.25) is 43.1 Å². The van der Waals surface area contributed by atoms with E-state index in [-0.39, 0.29) is 102 Å². The summed E-state index contributed by atoms with van der Waals surface area (Å²) in [5.74, 6) is -55.7. The van der Waals surface area contributed by atoms with E-state index in [9.17, 15) is 64.8 Å². The van der Waals surface area contributed by atoms with E-state index in [1.807, 2.05) is 10.6 Å². The summed E-state index contributed by atoms with van der Waals surface area (Å²) in [4.78, 5) is 112. The number of rotatable bonds is 35. The van der Waals surface area contributed by atoms with Crippen molar-refractivity contribution in [2.75, 3.05) is 26.3 Å². The molecule has 12 aliphatic carbocycles. The molecule has 12 saturated carbocycles. The number of amides is 2. The second kappa shape index (κ2) is 32.1. The Morgan fingerprint density at radius 1 is 0.431 bits per heavy atom. The number of esters is 5. The van der Waals surface area contributed by atoms with Crippen molar-refractivity contribution in [3.05, 3.63) is 0 Å². The molecule has 12 fully saturated rings. The van der Waals surface area contributed by atoms with Gasteiger partial charge in [-0.2, -0.15) is 87.8 Å². The fraction of sp³-hybridized carbons (Fsp3) is 0.873. The van der Waals surface area contributed by atoms with Gasteiger partial charge in [0.15, 0.2) is 0 Å². The third-order valence-electron chi connectivity index (χ3n) is 24.1. The van der Waals surface area contributed by atoms with Crippen molar-refractivity contribution < 1.29 is 188 Å². The Morgan fingerprint density at radius 3 is 1.09 bits per heavy atom. The number of oxime groups is 2. The number of carbonyl (C=O) groups excluding carboxylic acids is 7. The molecular formula is C71H90F22N4O19. The van der Waals surface area contributed by atoms with Crippen LogP contribution in [0.5, 0.6) is 0 Å². The van der Waals surface area contributed by atoms with E-state index >= 15 is 80.6 Å². The van der Waals surface area contributed by atoms with Gasteiger partial charge in [-0.25, -0.2) is 18.4 Å². The fourth-order valence-corrected chi connectivity index (χ4v) is 20.3. The molecular weight excluding hydrogens is 1630 g/mol. The summed E-state index contributed by atoms with van der Waals surface area (Å²) >= 11 is 0. The minimum absolute atomic E-state index is 0.00912. The Kier molecular flexibility index (Phi) is 25.9. The fourth-order valence-electron chi connectivity index (χ4n) is 20.3. The van der Waals surface area contributed by atoms with Crippen molar-refractivity contribution in [2.24, 2.45) is 74.4 Å². The Balaban J connectivity index is 1.25. The summed E-state index contributed by atoms with van der Waals surface area (Å²) in [5, 5.41) is 46.2. The van der Waals surface area contributed by atoms with Crippen molar-refractivity contribution in [3.8, 4) is 0 Å². The SMILES string of the molecule is CCC(C)=NOC(=O)NCCOC(=O)C(C)(CC(CC(CC(C(=O)OC12CC3CC(CC(O)(C3)C1)C2)C(F)(OC(F)(F)C(F)(F)C(F)(F)F)C(F)(F)F)C(=O)OC12CC3CC(CC(O)(C3)C1)C2)C(=O)OC12CC3CC(CC(O)(C3)C1)C2)CC(C)(CC(F)(OC(F)(F)C(F)(F)C(F)(F)F)C(F)(F)F)C(=O)OCCNC(=O)ON=C(C)CC. The zero-order valence-electron chi connectivity index (χ0n) is 63.3. The molecule has 0 radical (unpaired) electrons. The molecule has 0 aromatic carbocycles. The molecule has 0 aliphatic heterocycles. The molecule has 12 aliphatic rings. The standard InChI is InChI=1S/C71H90F22N4O19/c1-7-36(3)96-113-52(103)94-9-11-108-50(101)54(5,31-55(6,51(102)109-12-10-95-53(104)114-97-37(4)8-2)32-62(72,66(78,79)80)115-70(90,91)64(74,75)68(84,85)86)30-45(48(99)111-60-26-40-14-41(27-60)21-57(106,20-40)34-60)16-44(47(98)110-59-24-38-13-39(25-59)19-56(105,18-38)33-59)17-46(49(100)112-61-28-42-15-43(29-61)23-58(107,22-42)35-61)63(73,67(81,82)83)116-71(92,93)65(76,77)69(87,88)89/h38-46,105-107H,7-35H2,1-6H3,(H,94,103)(H,95,104). The van der Waals surface area contributed by atoms with Crippen LogP contribution in [0.1, 0.15) is 202 Å². The average molecular weight is 1720 g/mol. The van der Waals surface area contributed by atoms with Crippen molar-refractivity contribution in [1.29, 1.82) is 0 Å². The van der Waals surface area contributed by atoms with Crippen LogP contribution in [0.25, 0.3) is 0 Å². The molecule has 662 valence electrons. The minimum atomic E-state index is -7.87. The number of hydrogen-bond acceptors (Lipinski definition) is 21. The molecule has 12 bridgehead atoms. The van der Waals surface area contributed by atoms with Gasteiger partial charge in [0.25, 0.3) is 0 Å². The van der Waals surface area contributed by atoms with E-state index < -0.39 is 291 Å². The molecule has 2 amide bonds. The lowest BCUT2D eigenvalue weighted by molar-refractivity contribution is -0.489. The van der Waals surface area contributed by atoms with Crippen LogP contribution in [0.15, 0.2) is 10.3 Å². The molecule has 0 spiro atoms. The van der Waals surface area contributed by atoms with Gasteiger partial charge in [0.05, 0.1) is 64.0 Å². The maximum absolute atomic E-state index is 18.3. The maximum Gasteiger partial charge on any atom is 0.462 e. The molecule has 0 aromatic heterocycles. The number of alkyl halides is 22. The summed E-state index contributed by atoms with van der Waals surface area (Å²) in [5.41, 5.74) is -19.1. The first-order valence-corrected chi connectivity index (χ1v) is 37.5. The Morgan fingerprint density at radius 2 is 0.767 bits per heavy atom. The van der Waals surface area contributed by atoms with E-state index in [2.05, 4.69) is 29.5 Å². The summed E-state index contributed by atoms with van der Waals surface area (Å²) < 4.78 is 370. The largest absolute Gasteiger partial charge is 0.463 e. The number of carbonyl (C=O) groups is 7. The third-order valence-corrected chi connectivity index (χ3v) is 24.1. The highest BCUT2D eigenvalue weighted by molar-refractivity contribution is 5.84. The smallest absolute Gasteiger partial charge is 0.462 e. The highest BCUT2D eigenvalue weighted by atomic mass is 19.4. The third kappa shape index (κ3) is 19.9. The number of aliphatic hydroxyl groups is 3. The molecule has 5 N–H and O–H groups in total. The van der Waals surface area contributed by atoms with Crippen LogP contribution >= 0.6 is 0 Å². The second-order valence-corrected chi connectivity index (χ2v) is 34.5. The molecule has 23 nitrogen and oxygen atoms in total.